The van der Waals surface area contributed by atoms with E-state index >= 15 is 0 Å². The van der Waals surface area contributed by atoms with Crippen LogP contribution < -0.4 is 15.8 Å². The van der Waals surface area contributed by atoms with Gasteiger partial charge in [-0.25, -0.2) is 0 Å². The molecule has 2 heterocycles. The Balaban J connectivity index is 1.97. The molecule has 0 spiro atoms. The highest BCUT2D eigenvalue weighted by Gasteiger charge is 2.31. The summed E-state index contributed by atoms with van der Waals surface area (Å²) >= 11 is 0. The number of aromatic nitrogens is 1. The van der Waals surface area contributed by atoms with Gasteiger partial charge in [-0.05, 0) is 68.3 Å². The van der Waals surface area contributed by atoms with Crippen molar-refractivity contribution in [2.75, 3.05) is 26.9 Å². The van der Waals surface area contributed by atoms with E-state index in [9.17, 15) is 15.1 Å². The summed E-state index contributed by atoms with van der Waals surface area (Å²) in [5.41, 5.74) is 8.42. The number of nitrogens with two attached hydrogens (primary N) is 1. The summed E-state index contributed by atoms with van der Waals surface area (Å²) in [6, 6.07) is 3.61. The van der Waals surface area contributed by atoms with Crippen molar-refractivity contribution < 1.29 is 24.1 Å². The van der Waals surface area contributed by atoms with Crippen LogP contribution in [0.25, 0.3) is 0 Å². The maximum Gasteiger partial charge on any atom is 0.223 e. The number of unbranched alkanes of at least 4 members (excludes halogenated alkanes) is 1. The van der Waals surface area contributed by atoms with Gasteiger partial charge in [0.1, 0.15) is 0 Å². The number of aliphatic hydroxyl groups excluding tert-OH is 1. The van der Waals surface area contributed by atoms with Gasteiger partial charge in [-0.2, -0.15) is 4.73 Å². The lowest BCUT2D eigenvalue weighted by Gasteiger charge is -2.31. The van der Waals surface area contributed by atoms with Gasteiger partial charge in [-0.1, -0.05) is 27.7 Å². The van der Waals surface area contributed by atoms with E-state index in [1.165, 1.54) is 0 Å². The van der Waals surface area contributed by atoms with Crippen LogP contribution in [-0.4, -0.2) is 56.1 Å². The second kappa shape index (κ2) is 16.3. The zero-order valence-electron chi connectivity index (χ0n) is 23.7. The first-order chi connectivity index (χ1) is 17.6. The van der Waals surface area contributed by atoms with E-state index in [1.54, 1.807) is 13.3 Å². The van der Waals surface area contributed by atoms with Crippen molar-refractivity contribution in [1.29, 1.82) is 0 Å². The molecule has 1 amide bonds. The minimum atomic E-state index is -0.759. The zero-order chi connectivity index (χ0) is 27.4. The Morgan fingerprint density at radius 1 is 1.22 bits per heavy atom. The number of aliphatic hydroxyl groups is 1. The van der Waals surface area contributed by atoms with E-state index in [0.717, 1.165) is 54.5 Å². The lowest BCUT2D eigenvalue weighted by Crippen LogP contribution is -2.46. The summed E-state index contributed by atoms with van der Waals surface area (Å²) in [5, 5.41) is 26.4. The maximum absolute atomic E-state index is 13.0. The highest BCUT2D eigenvalue weighted by molar-refractivity contribution is 5.79. The Morgan fingerprint density at radius 2 is 1.92 bits per heavy atom. The van der Waals surface area contributed by atoms with Crippen LogP contribution in [-0.2, 0) is 27.1 Å². The first-order valence-electron chi connectivity index (χ1n) is 14.1. The number of amides is 1. The Hall–Kier alpha value is -1.74. The van der Waals surface area contributed by atoms with Crippen molar-refractivity contribution in [3.05, 3.63) is 34.8 Å². The van der Waals surface area contributed by atoms with Crippen LogP contribution in [0, 0.1) is 28.9 Å². The molecule has 0 bridgehead atoms. The number of hydrogen-bond acceptors (Lipinski definition) is 6. The van der Waals surface area contributed by atoms with Crippen molar-refractivity contribution in [2.24, 2.45) is 29.4 Å². The summed E-state index contributed by atoms with van der Waals surface area (Å²) in [6.45, 7) is 10.4. The number of carbonyl (C=O) groups is 1. The van der Waals surface area contributed by atoms with Crippen LogP contribution in [0.15, 0.2) is 18.3 Å². The van der Waals surface area contributed by atoms with E-state index in [-0.39, 0.29) is 29.7 Å². The smallest absolute Gasteiger partial charge is 0.223 e. The molecule has 1 aromatic heterocycles. The fourth-order valence-electron chi connectivity index (χ4n) is 5.11. The van der Waals surface area contributed by atoms with Gasteiger partial charge in [0.25, 0.3) is 0 Å². The van der Waals surface area contributed by atoms with E-state index in [4.69, 9.17) is 15.2 Å². The number of ether oxygens (including phenoxy) is 2. The number of nitrogens with zero attached hydrogens (tertiary/aromatic N) is 1. The van der Waals surface area contributed by atoms with Crippen molar-refractivity contribution in [3.63, 3.8) is 0 Å². The third-order valence-corrected chi connectivity index (χ3v) is 7.80. The predicted molar refractivity (Wildman–Crippen MR) is 146 cm³/mol. The van der Waals surface area contributed by atoms with Crippen LogP contribution in [0.1, 0.15) is 77.5 Å². The molecule has 0 saturated carbocycles. The molecule has 4 N–H and O–H groups in total. The first kappa shape index (κ1) is 31.5. The van der Waals surface area contributed by atoms with Gasteiger partial charge in [0, 0.05) is 63.5 Å². The number of nitrogens with one attached hydrogen (secondary N) is 1. The largest absolute Gasteiger partial charge is 0.619 e. The molecule has 8 heteroatoms. The normalized spacial score (nSPS) is 18.1. The molecule has 0 aliphatic carbocycles. The zero-order valence-corrected chi connectivity index (χ0v) is 23.7. The molecule has 1 aliphatic heterocycles. The lowest BCUT2D eigenvalue weighted by atomic mass is 9.80. The number of carbonyl (C=O) groups excluding carboxylic acids is 1. The summed E-state index contributed by atoms with van der Waals surface area (Å²) in [6.07, 6.45) is 6.84. The highest BCUT2D eigenvalue weighted by Crippen LogP contribution is 2.26. The molecule has 212 valence electrons. The van der Waals surface area contributed by atoms with Crippen LogP contribution >= 0.6 is 0 Å². The molecule has 1 aliphatic rings. The molecular weight excluding hydrogens is 470 g/mol. The molecule has 4 atom stereocenters. The molecule has 0 aromatic carbocycles. The molecule has 37 heavy (non-hydrogen) atoms. The molecule has 1 aromatic rings. The number of pyridine rings is 1. The molecule has 1 saturated heterocycles. The van der Waals surface area contributed by atoms with Gasteiger partial charge >= 0.3 is 0 Å². The van der Waals surface area contributed by atoms with E-state index in [0.29, 0.717) is 38.6 Å². The predicted octanol–water partition coefficient (Wildman–Crippen LogP) is 3.14. The van der Waals surface area contributed by atoms with Gasteiger partial charge in [0.2, 0.25) is 5.91 Å². The Morgan fingerprint density at radius 3 is 2.54 bits per heavy atom. The number of aryl methyl sites for hydroxylation is 1. The summed E-state index contributed by atoms with van der Waals surface area (Å²) in [4.78, 5) is 13.0. The quantitative estimate of drug-likeness (QED) is 0.175. The molecule has 0 radical (unpaired) electrons. The second-order valence-electron chi connectivity index (χ2n) is 11.5. The van der Waals surface area contributed by atoms with Crippen LogP contribution in [0.3, 0.4) is 0 Å². The van der Waals surface area contributed by atoms with Crippen LogP contribution in [0.5, 0.6) is 0 Å². The standard InChI is InChI=1S/C29H51N3O5/c1-20(2)23(16-22-9-12-32(35)25(17-22)8-6-7-13-36-5)18-27(30)28(33)19-26(21(3)4)29(34)31-24-10-14-37-15-11-24/h9,12,17,20-21,23-24,26-28,33H,6-8,10-11,13-16,18-19,30H2,1-5H3,(H,31,34). The van der Waals surface area contributed by atoms with E-state index < -0.39 is 12.1 Å². The summed E-state index contributed by atoms with van der Waals surface area (Å²) in [5.74, 6) is 0.432. The lowest BCUT2D eigenvalue weighted by molar-refractivity contribution is -0.614. The van der Waals surface area contributed by atoms with Crippen molar-refractivity contribution >= 4 is 5.91 Å². The average Bonchev–Trinajstić information content (AvgIpc) is 2.86. The van der Waals surface area contributed by atoms with Gasteiger partial charge in [0.15, 0.2) is 11.9 Å². The molecule has 8 nitrogen and oxygen atoms in total. The fraction of sp³-hybridized carbons (Fsp3) is 0.793. The minimum absolute atomic E-state index is 0.00166. The van der Waals surface area contributed by atoms with Gasteiger partial charge in [-0.15, -0.1) is 0 Å². The number of methoxy groups -OCH3 is 1. The second-order valence-corrected chi connectivity index (χ2v) is 11.5. The summed E-state index contributed by atoms with van der Waals surface area (Å²) < 4.78 is 11.5. The molecule has 2 rings (SSSR count). The number of hydrogen-bond donors (Lipinski definition) is 3. The van der Waals surface area contributed by atoms with Gasteiger partial charge in [-0.3, -0.25) is 4.79 Å². The van der Waals surface area contributed by atoms with Gasteiger partial charge < -0.3 is 30.8 Å². The Kier molecular flexibility index (Phi) is 13.8. The third-order valence-electron chi connectivity index (χ3n) is 7.80. The Labute approximate surface area is 223 Å². The first-order valence-corrected chi connectivity index (χ1v) is 14.1. The average molecular weight is 522 g/mol. The van der Waals surface area contributed by atoms with E-state index in [1.807, 2.05) is 26.0 Å². The molecule has 1 fully saturated rings. The topological polar surface area (TPSA) is 121 Å². The third kappa shape index (κ3) is 10.9. The van der Waals surface area contributed by atoms with Crippen molar-refractivity contribution in [1.82, 2.24) is 5.32 Å². The SMILES string of the molecule is COCCCCc1cc(CC(CC(N)C(O)CC(C(=O)NC2CCOCC2)C(C)C)C(C)C)cc[n+]1[O-]. The maximum atomic E-state index is 13.0. The minimum Gasteiger partial charge on any atom is -0.619 e. The van der Waals surface area contributed by atoms with E-state index in [2.05, 4.69) is 19.2 Å². The van der Waals surface area contributed by atoms with Crippen LogP contribution in [0.2, 0.25) is 0 Å². The molecule has 4 unspecified atom stereocenters. The van der Waals surface area contributed by atoms with Crippen molar-refractivity contribution in [2.45, 2.75) is 97.2 Å². The molecular formula is C29H51N3O5. The summed E-state index contributed by atoms with van der Waals surface area (Å²) in [7, 11) is 1.69. The Bertz CT molecular complexity index is 798. The van der Waals surface area contributed by atoms with Crippen LogP contribution in [0.4, 0.5) is 0 Å². The fourth-order valence-corrected chi connectivity index (χ4v) is 5.11. The monoisotopic (exact) mass is 521 g/mol. The van der Waals surface area contributed by atoms with Gasteiger partial charge in [0.05, 0.1) is 6.10 Å². The number of rotatable bonds is 16. The highest BCUT2D eigenvalue weighted by atomic mass is 16.5. The van der Waals surface area contributed by atoms with Crippen molar-refractivity contribution in [3.8, 4) is 0 Å².